The van der Waals surface area contributed by atoms with Crippen molar-refractivity contribution in [1.29, 1.82) is 0 Å². The van der Waals surface area contributed by atoms with E-state index in [0.29, 0.717) is 6.54 Å². The van der Waals surface area contributed by atoms with Crippen LogP contribution in [0.25, 0.3) is 0 Å². The fourth-order valence-electron chi connectivity index (χ4n) is 2.20. The summed E-state index contributed by atoms with van der Waals surface area (Å²) in [5.74, 6) is 0.999. The number of benzene rings is 1. The maximum Gasteiger partial charge on any atom is 0.237 e. The molecular formula is C14H20N2O2S. The lowest BCUT2D eigenvalue weighted by molar-refractivity contribution is -0.124. The highest BCUT2D eigenvalue weighted by Crippen LogP contribution is 2.28. The van der Waals surface area contributed by atoms with Gasteiger partial charge in [0, 0.05) is 18.0 Å². The Kier molecular flexibility index (Phi) is 5.10. The molecule has 1 aliphatic heterocycles. The molecule has 1 unspecified atom stereocenters. The maximum absolute atomic E-state index is 11.6. The Hall–Kier alpha value is -1.20. The molecular weight excluding hydrogens is 260 g/mol. The molecule has 1 aromatic rings. The van der Waals surface area contributed by atoms with Crippen molar-refractivity contribution in [1.82, 2.24) is 10.6 Å². The van der Waals surface area contributed by atoms with Crippen LogP contribution in [0.4, 0.5) is 0 Å². The zero-order chi connectivity index (χ0) is 13.7. The van der Waals surface area contributed by atoms with E-state index in [1.165, 1.54) is 0 Å². The first-order valence-corrected chi connectivity index (χ1v) is 7.69. The molecule has 0 radical (unpaired) electrons. The standard InChI is InChI=1S/C14H20N2O2S/c1-18-12-8-10(5-6-13(12)19-2)9-16-11-4-3-7-15-14(11)17/h5-6,8,11,16H,3-4,7,9H2,1-2H3,(H,15,17). The molecule has 2 N–H and O–H groups in total. The highest BCUT2D eigenvalue weighted by atomic mass is 32.2. The van der Waals surface area contributed by atoms with E-state index in [1.807, 2.05) is 12.3 Å². The van der Waals surface area contributed by atoms with Crippen LogP contribution in [-0.2, 0) is 11.3 Å². The van der Waals surface area contributed by atoms with E-state index in [1.54, 1.807) is 18.9 Å². The summed E-state index contributed by atoms with van der Waals surface area (Å²) in [6, 6.07) is 6.09. The topological polar surface area (TPSA) is 50.4 Å². The SMILES string of the molecule is COc1cc(CNC2CCCNC2=O)ccc1SC. The van der Waals surface area contributed by atoms with Gasteiger partial charge < -0.3 is 15.4 Å². The maximum atomic E-state index is 11.6. The zero-order valence-electron chi connectivity index (χ0n) is 11.4. The van der Waals surface area contributed by atoms with E-state index in [-0.39, 0.29) is 11.9 Å². The molecule has 1 amide bonds. The van der Waals surface area contributed by atoms with Crippen molar-refractivity contribution >= 4 is 17.7 Å². The summed E-state index contributed by atoms with van der Waals surface area (Å²) in [5, 5.41) is 6.18. The van der Waals surface area contributed by atoms with Crippen molar-refractivity contribution in [2.45, 2.75) is 30.3 Å². The molecule has 5 heteroatoms. The summed E-state index contributed by atoms with van der Waals surface area (Å²) in [6.45, 7) is 1.48. The molecule has 0 aromatic heterocycles. The number of rotatable bonds is 5. The van der Waals surface area contributed by atoms with Crippen LogP contribution in [0.5, 0.6) is 5.75 Å². The van der Waals surface area contributed by atoms with Gasteiger partial charge in [0.1, 0.15) is 5.75 Å². The van der Waals surface area contributed by atoms with Crippen LogP contribution in [0.2, 0.25) is 0 Å². The first-order chi connectivity index (χ1) is 9.24. The van der Waals surface area contributed by atoms with Gasteiger partial charge in [-0.05, 0) is 36.8 Å². The average Bonchev–Trinajstić information content (AvgIpc) is 2.46. The Morgan fingerprint density at radius 1 is 1.53 bits per heavy atom. The minimum absolute atomic E-state index is 0.0695. The second-order valence-electron chi connectivity index (χ2n) is 4.56. The highest BCUT2D eigenvalue weighted by molar-refractivity contribution is 7.98. The summed E-state index contributed by atoms with van der Waals surface area (Å²) in [7, 11) is 1.68. The van der Waals surface area contributed by atoms with Gasteiger partial charge in [0.15, 0.2) is 0 Å². The van der Waals surface area contributed by atoms with Crippen LogP contribution < -0.4 is 15.4 Å². The fraction of sp³-hybridized carbons (Fsp3) is 0.500. The minimum Gasteiger partial charge on any atom is -0.496 e. The van der Waals surface area contributed by atoms with E-state index in [2.05, 4.69) is 22.8 Å². The molecule has 1 atom stereocenters. The molecule has 4 nitrogen and oxygen atoms in total. The van der Waals surface area contributed by atoms with Gasteiger partial charge in [-0.15, -0.1) is 11.8 Å². The summed E-state index contributed by atoms with van der Waals surface area (Å²) in [5.41, 5.74) is 1.13. The summed E-state index contributed by atoms with van der Waals surface area (Å²) in [6.07, 6.45) is 3.98. The molecule has 1 aliphatic rings. The molecule has 0 spiro atoms. The lowest BCUT2D eigenvalue weighted by Crippen LogP contribution is -2.47. The molecule has 19 heavy (non-hydrogen) atoms. The van der Waals surface area contributed by atoms with Crippen molar-refractivity contribution in [3.63, 3.8) is 0 Å². The third-order valence-electron chi connectivity index (χ3n) is 3.29. The van der Waals surface area contributed by atoms with Crippen LogP contribution in [0.1, 0.15) is 18.4 Å². The minimum atomic E-state index is -0.0695. The highest BCUT2D eigenvalue weighted by Gasteiger charge is 2.20. The normalized spacial score (nSPS) is 19.1. The lowest BCUT2D eigenvalue weighted by atomic mass is 10.1. The van der Waals surface area contributed by atoms with Gasteiger partial charge in [0.05, 0.1) is 13.2 Å². The van der Waals surface area contributed by atoms with Crippen molar-refractivity contribution in [3.8, 4) is 5.75 Å². The van der Waals surface area contributed by atoms with Gasteiger partial charge in [0.2, 0.25) is 5.91 Å². The number of hydrogen-bond acceptors (Lipinski definition) is 4. The van der Waals surface area contributed by atoms with Gasteiger partial charge in [-0.25, -0.2) is 0 Å². The van der Waals surface area contributed by atoms with Gasteiger partial charge in [-0.3, -0.25) is 4.79 Å². The number of hydrogen-bond donors (Lipinski definition) is 2. The second-order valence-corrected chi connectivity index (χ2v) is 5.40. The van der Waals surface area contributed by atoms with E-state index in [9.17, 15) is 4.79 Å². The molecule has 1 fully saturated rings. The second kappa shape index (κ2) is 6.82. The number of methoxy groups -OCH3 is 1. The van der Waals surface area contributed by atoms with Crippen molar-refractivity contribution in [2.24, 2.45) is 0 Å². The molecule has 1 heterocycles. The number of carbonyl (C=O) groups excluding carboxylic acids is 1. The molecule has 0 saturated carbocycles. The third-order valence-corrected chi connectivity index (χ3v) is 4.06. The first-order valence-electron chi connectivity index (χ1n) is 6.46. The van der Waals surface area contributed by atoms with Crippen molar-refractivity contribution in [2.75, 3.05) is 19.9 Å². The lowest BCUT2D eigenvalue weighted by Gasteiger charge is -2.23. The molecule has 104 valence electrons. The molecule has 0 bridgehead atoms. The van der Waals surface area contributed by atoms with Crippen LogP contribution in [0, 0.1) is 0 Å². The van der Waals surface area contributed by atoms with Crippen LogP contribution in [-0.4, -0.2) is 31.9 Å². The van der Waals surface area contributed by atoms with Crippen molar-refractivity contribution in [3.05, 3.63) is 23.8 Å². The number of nitrogens with one attached hydrogen (secondary N) is 2. The molecule has 0 aliphatic carbocycles. The number of ether oxygens (including phenoxy) is 1. The van der Waals surface area contributed by atoms with Crippen LogP contribution >= 0.6 is 11.8 Å². The number of carbonyl (C=O) groups is 1. The summed E-state index contributed by atoms with van der Waals surface area (Å²) >= 11 is 1.67. The van der Waals surface area contributed by atoms with E-state index in [4.69, 9.17) is 4.74 Å². The van der Waals surface area contributed by atoms with Crippen LogP contribution in [0.15, 0.2) is 23.1 Å². The number of piperidine rings is 1. The van der Waals surface area contributed by atoms with Crippen molar-refractivity contribution < 1.29 is 9.53 Å². The Morgan fingerprint density at radius 3 is 3.05 bits per heavy atom. The quantitative estimate of drug-likeness (QED) is 0.807. The van der Waals surface area contributed by atoms with Gasteiger partial charge in [-0.1, -0.05) is 6.07 Å². The Morgan fingerprint density at radius 2 is 2.37 bits per heavy atom. The van der Waals surface area contributed by atoms with E-state index in [0.717, 1.165) is 35.6 Å². The van der Waals surface area contributed by atoms with E-state index >= 15 is 0 Å². The third kappa shape index (κ3) is 3.64. The predicted molar refractivity (Wildman–Crippen MR) is 77.6 cm³/mol. The fourth-order valence-corrected chi connectivity index (χ4v) is 2.75. The Labute approximate surface area is 118 Å². The predicted octanol–water partition coefficient (Wildman–Crippen LogP) is 1.79. The largest absolute Gasteiger partial charge is 0.496 e. The van der Waals surface area contributed by atoms with E-state index < -0.39 is 0 Å². The number of thioether (sulfide) groups is 1. The molecule has 1 saturated heterocycles. The Balaban J connectivity index is 1.97. The Bertz CT molecular complexity index is 451. The van der Waals surface area contributed by atoms with Crippen LogP contribution in [0.3, 0.4) is 0 Å². The smallest absolute Gasteiger partial charge is 0.237 e. The average molecular weight is 280 g/mol. The van der Waals surface area contributed by atoms with Gasteiger partial charge in [-0.2, -0.15) is 0 Å². The molecule has 2 rings (SSSR count). The summed E-state index contributed by atoms with van der Waals surface area (Å²) in [4.78, 5) is 12.8. The first kappa shape index (κ1) is 14.2. The zero-order valence-corrected chi connectivity index (χ0v) is 12.2. The summed E-state index contributed by atoms with van der Waals surface area (Å²) < 4.78 is 5.36. The monoisotopic (exact) mass is 280 g/mol. The van der Waals surface area contributed by atoms with Gasteiger partial charge >= 0.3 is 0 Å². The molecule has 1 aromatic carbocycles. The number of amides is 1. The van der Waals surface area contributed by atoms with Gasteiger partial charge in [0.25, 0.3) is 0 Å².